The van der Waals surface area contributed by atoms with E-state index in [1.165, 1.54) is 16.2 Å². The lowest BCUT2D eigenvalue weighted by Crippen LogP contribution is -2.45. The highest BCUT2D eigenvalue weighted by Crippen LogP contribution is 2.42. The van der Waals surface area contributed by atoms with Crippen LogP contribution in [-0.4, -0.2) is 29.4 Å². The summed E-state index contributed by atoms with van der Waals surface area (Å²) >= 11 is 0. The zero-order chi connectivity index (χ0) is 21.6. The molecule has 0 aliphatic carbocycles. The minimum absolute atomic E-state index is 0.109. The molecule has 1 fully saturated rings. The van der Waals surface area contributed by atoms with E-state index in [1.54, 1.807) is 6.08 Å². The van der Waals surface area contributed by atoms with Crippen LogP contribution in [0.4, 0.5) is 10.5 Å². The van der Waals surface area contributed by atoms with Crippen molar-refractivity contribution in [3.63, 3.8) is 0 Å². The molecule has 2 aliphatic rings. The van der Waals surface area contributed by atoms with Crippen molar-refractivity contribution in [2.45, 2.75) is 52.1 Å². The molecular weight excluding hydrogens is 374 g/mol. The van der Waals surface area contributed by atoms with Crippen molar-refractivity contribution in [3.8, 4) is 0 Å². The first kappa shape index (κ1) is 20.2. The van der Waals surface area contributed by atoms with Crippen LogP contribution in [0.25, 0.3) is 6.08 Å². The van der Waals surface area contributed by atoms with E-state index in [9.17, 15) is 9.59 Å². The van der Waals surface area contributed by atoms with Crippen LogP contribution in [0.5, 0.6) is 0 Å². The van der Waals surface area contributed by atoms with Crippen LogP contribution in [-0.2, 0) is 11.3 Å². The highest BCUT2D eigenvalue weighted by Gasteiger charge is 2.35. The third-order valence-corrected chi connectivity index (χ3v) is 6.39. The summed E-state index contributed by atoms with van der Waals surface area (Å²) in [7, 11) is 2.13. The Labute approximate surface area is 178 Å². The first-order chi connectivity index (χ1) is 14.2. The van der Waals surface area contributed by atoms with E-state index in [2.05, 4.69) is 50.2 Å². The smallest absolute Gasteiger partial charge is 0.329 e. The number of nitrogens with one attached hydrogen (secondary N) is 1. The fourth-order valence-corrected chi connectivity index (χ4v) is 4.44. The number of carbonyl (C=O) groups is 2. The molecule has 0 radical (unpaired) electrons. The fourth-order valence-electron chi connectivity index (χ4n) is 4.44. The minimum atomic E-state index is -0.375. The summed E-state index contributed by atoms with van der Waals surface area (Å²) in [6, 6.07) is 13.7. The van der Waals surface area contributed by atoms with Gasteiger partial charge in [0.05, 0.1) is 6.54 Å². The average molecular weight is 404 g/mol. The number of fused-ring (bicyclic) bond motifs is 1. The number of carbonyl (C=O) groups excluding carboxylic acids is 2. The number of rotatable bonds is 3. The molecule has 5 heteroatoms. The molecule has 0 unspecified atom stereocenters. The third kappa shape index (κ3) is 3.60. The van der Waals surface area contributed by atoms with E-state index in [1.807, 2.05) is 37.3 Å². The third-order valence-electron chi connectivity index (χ3n) is 6.39. The number of nitrogens with zero attached hydrogens (tertiary/aromatic N) is 2. The van der Waals surface area contributed by atoms with Gasteiger partial charge in [0.2, 0.25) is 0 Å². The second kappa shape index (κ2) is 7.31. The van der Waals surface area contributed by atoms with Crippen molar-refractivity contribution in [1.82, 2.24) is 10.2 Å². The maximum absolute atomic E-state index is 12.8. The molecule has 2 heterocycles. The highest BCUT2D eigenvalue weighted by molar-refractivity contribution is 6.13. The van der Waals surface area contributed by atoms with Gasteiger partial charge in [0, 0.05) is 18.3 Å². The summed E-state index contributed by atoms with van der Waals surface area (Å²) in [5, 5.41) is 2.74. The Hall–Kier alpha value is -3.08. The van der Waals surface area contributed by atoms with Crippen molar-refractivity contribution in [1.29, 1.82) is 0 Å². The summed E-state index contributed by atoms with van der Waals surface area (Å²) in [6.45, 7) is 9.05. The maximum atomic E-state index is 12.8. The molecule has 30 heavy (non-hydrogen) atoms. The molecule has 1 atom stereocenters. The zero-order valence-corrected chi connectivity index (χ0v) is 18.3. The topological polar surface area (TPSA) is 52.7 Å². The Morgan fingerprint density at radius 1 is 1.13 bits per heavy atom. The van der Waals surface area contributed by atoms with Gasteiger partial charge < -0.3 is 10.2 Å². The SMILES string of the molecule is Cc1ccc(CN2C(=O)N/C(=C\c3ccc4c(c3)[C@H](C)CC(C)(C)N4C)C2=O)cc1. The lowest BCUT2D eigenvalue weighted by molar-refractivity contribution is -0.123. The van der Waals surface area contributed by atoms with Gasteiger partial charge in [-0.15, -0.1) is 0 Å². The monoisotopic (exact) mass is 403 g/mol. The lowest BCUT2D eigenvalue weighted by Gasteiger charge is -2.45. The number of benzene rings is 2. The molecule has 0 spiro atoms. The molecule has 2 aromatic carbocycles. The first-order valence-corrected chi connectivity index (χ1v) is 10.4. The van der Waals surface area contributed by atoms with Gasteiger partial charge >= 0.3 is 6.03 Å². The van der Waals surface area contributed by atoms with E-state index >= 15 is 0 Å². The van der Waals surface area contributed by atoms with Crippen LogP contribution >= 0.6 is 0 Å². The van der Waals surface area contributed by atoms with E-state index in [0.29, 0.717) is 11.6 Å². The lowest BCUT2D eigenvalue weighted by atomic mass is 9.80. The summed E-state index contributed by atoms with van der Waals surface area (Å²) < 4.78 is 0. The maximum Gasteiger partial charge on any atom is 0.329 e. The van der Waals surface area contributed by atoms with Crippen LogP contribution in [0.1, 0.15) is 55.4 Å². The molecule has 2 aromatic rings. The summed E-state index contributed by atoms with van der Waals surface area (Å²) in [4.78, 5) is 28.8. The molecule has 1 N–H and O–H groups in total. The van der Waals surface area contributed by atoms with Crippen LogP contribution in [0, 0.1) is 6.92 Å². The number of urea groups is 1. The Kier molecular flexibility index (Phi) is 4.92. The largest absolute Gasteiger partial charge is 0.369 e. The first-order valence-electron chi connectivity index (χ1n) is 10.4. The summed E-state index contributed by atoms with van der Waals surface area (Å²) in [5.74, 6) is 0.140. The number of hydrogen-bond acceptors (Lipinski definition) is 3. The predicted molar refractivity (Wildman–Crippen MR) is 120 cm³/mol. The van der Waals surface area contributed by atoms with Crippen LogP contribution in [0.3, 0.4) is 0 Å². The number of anilines is 1. The molecule has 2 aliphatic heterocycles. The Morgan fingerprint density at radius 2 is 1.83 bits per heavy atom. The predicted octanol–water partition coefficient (Wildman–Crippen LogP) is 4.81. The molecule has 0 saturated carbocycles. The number of imide groups is 1. The van der Waals surface area contributed by atoms with E-state index < -0.39 is 0 Å². The normalized spacial score (nSPS) is 21.8. The van der Waals surface area contributed by atoms with Crippen molar-refractivity contribution in [3.05, 3.63) is 70.4 Å². The van der Waals surface area contributed by atoms with Gasteiger partial charge in [0.1, 0.15) is 5.70 Å². The minimum Gasteiger partial charge on any atom is -0.369 e. The Morgan fingerprint density at radius 3 is 2.53 bits per heavy atom. The molecule has 0 bridgehead atoms. The second-order valence-electron chi connectivity index (χ2n) is 9.16. The van der Waals surface area contributed by atoms with Crippen molar-refractivity contribution >= 4 is 23.7 Å². The van der Waals surface area contributed by atoms with Crippen LogP contribution in [0.15, 0.2) is 48.2 Å². The molecule has 5 nitrogen and oxygen atoms in total. The molecular formula is C25H29N3O2. The van der Waals surface area contributed by atoms with Gasteiger partial charge in [-0.2, -0.15) is 0 Å². The second-order valence-corrected chi connectivity index (χ2v) is 9.16. The zero-order valence-electron chi connectivity index (χ0n) is 18.3. The van der Waals surface area contributed by atoms with Crippen LogP contribution < -0.4 is 10.2 Å². The van der Waals surface area contributed by atoms with Gasteiger partial charge in [0.25, 0.3) is 5.91 Å². The summed E-state index contributed by atoms with van der Waals surface area (Å²) in [5.41, 5.74) is 5.94. The van der Waals surface area contributed by atoms with Crippen molar-refractivity contribution in [2.24, 2.45) is 0 Å². The Bertz CT molecular complexity index is 1040. The van der Waals surface area contributed by atoms with E-state index in [4.69, 9.17) is 0 Å². The molecule has 3 amide bonds. The van der Waals surface area contributed by atoms with Crippen molar-refractivity contribution < 1.29 is 9.59 Å². The van der Waals surface area contributed by atoms with E-state index in [0.717, 1.165) is 23.1 Å². The van der Waals surface area contributed by atoms with Gasteiger partial charge in [-0.1, -0.05) is 42.8 Å². The summed E-state index contributed by atoms with van der Waals surface area (Å²) in [6.07, 6.45) is 2.85. The Balaban J connectivity index is 1.58. The molecule has 156 valence electrons. The number of hydrogen-bond donors (Lipinski definition) is 1. The molecule has 1 saturated heterocycles. The quantitative estimate of drug-likeness (QED) is 0.591. The van der Waals surface area contributed by atoms with Crippen molar-refractivity contribution in [2.75, 3.05) is 11.9 Å². The molecule has 0 aromatic heterocycles. The van der Waals surface area contributed by atoms with Gasteiger partial charge in [-0.05, 0) is 68.0 Å². The number of amides is 3. The standard InChI is InChI=1S/C25H29N3O2/c1-16-6-8-18(9-7-16)15-28-23(29)21(26-24(28)30)13-19-10-11-22-20(12-19)17(2)14-25(3,4)27(22)5/h6-13,17H,14-15H2,1-5H3,(H,26,30)/b21-13-/t17-/m1/s1. The fraction of sp³-hybridized carbons (Fsp3) is 0.360. The van der Waals surface area contributed by atoms with Gasteiger partial charge in [-0.25, -0.2) is 4.79 Å². The van der Waals surface area contributed by atoms with Crippen LogP contribution in [0.2, 0.25) is 0 Å². The van der Waals surface area contributed by atoms with Gasteiger partial charge in [0.15, 0.2) is 0 Å². The van der Waals surface area contributed by atoms with E-state index in [-0.39, 0.29) is 24.0 Å². The highest BCUT2D eigenvalue weighted by atomic mass is 16.2. The molecule has 4 rings (SSSR count). The number of aryl methyl sites for hydroxylation is 1. The van der Waals surface area contributed by atoms with Gasteiger partial charge in [-0.3, -0.25) is 9.69 Å². The average Bonchev–Trinajstić information content (AvgIpc) is 2.95.